The molecule has 0 aliphatic carbocycles. The van der Waals surface area contributed by atoms with Crippen molar-refractivity contribution in [2.24, 2.45) is 0 Å². The molecule has 1 N–H and O–H groups in total. The summed E-state index contributed by atoms with van der Waals surface area (Å²) in [5.41, 5.74) is 4.29. The fourth-order valence-electron chi connectivity index (χ4n) is 4.41. The molecule has 0 amide bonds. The molecule has 4 aromatic rings. The number of aromatic amines is 1. The van der Waals surface area contributed by atoms with Crippen molar-refractivity contribution in [2.75, 3.05) is 13.2 Å². The van der Waals surface area contributed by atoms with Crippen LogP contribution in [0.3, 0.4) is 0 Å². The second-order valence-electron chi connectivity index (χ2n) is 8.75. The first-order chi connectivity index (χ1) is 17.2. The van der Waals surface area contributed by atoms with E-state index in [1.165, 1.54) is 0 Å². The number of aromatic nitrogens is 4. The highest BCUT2D eigenvalue weighted by Gasteiger charge is 2.21. The summed E-state index contributed by atoms with van der Waals surface area (Å²) < 4.78 is 13.8. The van der Waals surface area contributed by atoms with Gasteiger partial charge in [-0.3, -0.25) is 10.00 Å². The molecule has 0 radical (unpaired) electrons. The third-order valence-electron chi connectivity index (χ3n) is 6.13. The summed E-state index contributed by atoms with van der Waals surface area (Å²) in [6, 6.07) is 18.4. The Morgan fingerprint density at radius 1 is 1.00 bits per heavy atom. The predicted molar refractivity (Wildman–Crippen MR) is 137 cm³/mol. The fraction of sp³-hybridized carbons (Fsp3) is 0.333. The molecule has 0 saturated carbocycles. The highest BCUT2D eigenvalue weighted by atomic mass is 35.5. The molecule has 3 heterocycles. The first-order valence-electron chi connectivity index (χ1n) is 12.1. The summed E-state index contributed by atoms with van der Waals surface area (Å²) in [5.74, 6) is 2.51. The van der Waals surface area contributed by atoms with E-state index < -0.39 is 0 Å². The summed E-state index contributed by atoms with van der Waals surface area (Å²) >= 11 is 6.79. The van der Waals surface area contributed by atoms with Gasteiger partial charge in [-0.2, -0.15) is 5.10 Å². The van der Waals surface area contributed by atoms with Crippen molar-refractivity contribution in [3.05, 3.63) is 82.9 Å². The first-order valence-corrected chi connectivity index (χ1v) is 12.5. The van der Waals surface area contributed by atoms with E-state index in [2.05, 4.69) is 50.9 Å². The lowest BCUT2D eigenvalue weighted by atomic mass is 10.1. The molecular weight excluding hydrogens is 462 g/mol. The number of nitrogens with one attached hydrogen (secondary N) is 1. The van der Waals surface area contributed by atoms with Crippen molar-refractivity contribution in [3.8, 4) is 22.9 Å². The van der Waals surface area contributed by atoms with Crippen LogP contribution in [-0.2, 0) is 26.2 Å². The van der Waals surface area contributed by atoms with E-state index in [4.69, 9.17) is 26.1 Å². The molecule has 8 heteroatoms. The minimum absolute atomic E-state index is 0.553. The predicted octanol–water partition coefficient (Wildman–Crippen LogP) is 5.70. The van der Waals surface area contributed by atoms with Crippen LogP contribution in [0.15, 0.2) is 60.8 Å². The SMILES string of the molecule is CCCCn1c(-c2ccccc2)nc(Cl)c1CN(Cc1ccc2c(c1)OCCO2)Cc1ccn[nH]1. The summed E-state index contributed by atoms with van der Waals surface area (Å²) in [4.78, 5) is 7.14. The summed E-state index contributed by atoms with van der Waals surface area (Å²) in [6.45, 7) is 6.29. The monoisotopic (exact) mass is 491 g/mol. The molecule has 2 aromatic carbocycles. The van der Waals surface area contributed by atoms with E-state index in [-0.39, 0.29) is 0 Å². The molecule has 0 atom stereocenters. The maximum atomic E-state index is 6.79. The van der Waals surface area contributed by atoms with Crippen molar-refractivity contribution in [1.82, 2.24) is 24.6 Å². The minimum Gasteiger partial charge on any atom is -0.486 e. The lowest BCUT2D eigenvalue weighted by molar-refractivity contribution is 0.170. The van der Waals surface area contributed by atoms with Crippen LogP contribution in [0.5, 0.6) is 11.5 Å². The van der Waals surface area contributed by atoms with Gasteiger partial charge in [-0.25, -0.2) is 4.98 Å². The van der Waals surface area contributed by atoms with Crippen LogP contribution < -0.4 is 9.47 Å². The van der Waals surface area contributed by atoms with Gasteiger partial charge in [0.1, 0.15) is 19.0 Å². The van der Waals surface area contributed by atoms with Gasteiger partial charge >= 0.3 is 0 Å². The molecule has 0 fully saturated rings. The number of H-pyrrole nitrogens is 1. The first kappa shape index (κ1) is 23.5. The molecule has 5 rings (SSSR count). The maximum Gasteiger partial charge on any atom is 0.161 e. The number of nitrogens with zero attached hydrogens (tertiary/aromatic N) is 4. The van der Waals surface area contributed by atoms with Crippen LogP contribution in [0.4, 0.5) is 0 Å². The van der Waals surface area contributed by atoms with Gasteiger partial charge in [-0.1, -0.05) is 61.3 Å². The van der Waals surface area contributed by atoms with E-state index in [0.29, 0.717) is 38.0 Å². The average Bonchev–Trinajstić information content (AvgIpc) is 3.51. The largest absolute Gasteiger partial charge is 0.486 e. The molecule has 35 heavy (non-hydrogen) atoms. The van der Waals surface area contributed by atoms with E-state index in [1.54, 1.807) is 6.20 Å². The minimum atomic E-state index is 0.553. The number of fused-ring (bicyclic) bond motifs is 1. The second kappa shape index (κ2) is 11.0. The highest BCUT2D eigenvalue weighted by Crippen LogP contribution is 2.32. The smallest absolute Gasteiger partial charge is 0.161 e. The summed E-state index contributed by atoms with van der Waals surface area (Å²) in [5, 5.41) is 7.78. The van der Waals surface area contributed by atoms with Gasteiger partial charge in [-0.15, -0.1) is 0 Å². The van der Waals surface area contributed by atoms with Crippen molar-refractivity contribution < 1.29 is 9.47 Å². The standard InChI is InChI=1S/C27H30ClN5O2/c1-2-3-13-33-23(26(28)30-27(33)21-7-5-4-6-8-21)19-32(18-22-11-12-29-31-22)17-20-9-10-24-25(16-20)35-15-14-34-24/h4-12,16H,2-3,13-15,17-19H2,1H3,(H,29,31). The topological polar surface area (TPSA) is 68.2 Å². The molecule has 1 aliphatic heterocycles. The van der Waals surface area contributed by atoms with Crippen molar-refractivity contribution in [1.29, 1.82) is 0 Å². The van der Waals surface area contributed by atoms with Gasteiger partial charge in [0.05, 0.1) is 5.69 Å². The second-order valence-corrected chi connectivity index (χ2v) is 9.11. The Hall–Kier alpha value is -3.29. The van der Waals surface area contributed by atoms with E-state index in [1.807, 2.05) is 30.3 Å². The Morgan fingerprint density at radius 3 is 2.60 bits per heavy atom. The van der Waals surface area contributed by atoms with Gasteiger partial charge in [0, 0.05) is 43.6 Å². The third kappa shape index (κ3) is 5.52. The molecule has 0 unspecified atom stereocenters. The summed E-state index contributed by atoms with van der Waals surface area (Å²) in [6.07, 6.45) is 3.93. The lowest BCUT2D eigenvalue weighted by Gasteiger charge is -2.24. The average molecular weight is 492 g/mol. The van der Waals surface area contributed by atoms with Gasteiger partial charge in [0.15, 0.2) is 16.7 Å². The number of rotatable bonds is 10. The van der Waals surface area contributed by atoms with Crippen LogP contribution >= 0.6 is 11.6 Å². The highest BCUT2D eigenvalue weighted by molar-refractivity contribution is 6.30. The van der Waals surface area contributed by atoms with Crippen LogP contribution in [-0.4, -0.2) is 37.9 Å². The van der Waals surface area contributed by atoms with E-state index in [0.717, 1.165) is 59.2 Å². The number of hydrogen-bond donors (Lipinski definition) is 1. The summed E-state index contributed by atoms with van der Waals surface area (Å²) in [7, 11) is 0. The van der Waals surface area contributed by atoms with Gasteiger partial charge in [0.25, 0.3) is 0 Å². The number of unbranched alkanes of at least 4 members (excludes halogenated alkanes) is 1. The molecule has 1 aliphatic rings. The van der Waals surface area contributed by atoms with Crippen LogP contribution in [0.2, 0.25) is 5.15 Å². The lowest BCUT2D eigenvalue weighted by Crippen LogP contribution is -2.25. The van der Waals surface area contributed by atoms with Gasteiger partial charge in [-0.05, 0) is 30.2 Å². The van der Waals surface area contributed by atoms with Crippen molar-refractivity contribution >= 4 is 11.6 Å². The normalized spacial score (nSPS) is 12.9. The molecule has 2 aromatic heterocycles. The van der Waals surface area contributed by atoms with Crippen LogP contribution in [0.1, 0.15) is 36.7 Å². The number of benzene rings is 2. The Labute approximate surface area is 210 Å². The molecule has 182 valence electrons. The van der Waals surface area contributed by atoms with E-state index >= 15 is 0 Å². The fourth-order valence-corrected chi connectivity index (χ4v) is 4.65. The molecule has 7 nitrogen and oxygen atoms in total. The zero-order valence-corrected chi connectivity index (χ0v) is 20.7. The zero-order valence-electron chi connectivity index (χ0n) is 19.9. The zero-order chi connectivity index (χ0) is 24.0. The number of imidazole rings is 1. The number of ether oxygens (including phenoxy) is 2. The molecular formula is C27H30ClN5O2. The Bertz CT molecular complexity index is 1240. The quantitative estimate of drug-likeness (QED) is 0.308. The third-order valence-corrected chi connectivity index (χ3v) is 6.43. The van der Waals surface area contributed by atoms with Gasteiger partial charge < -0.3 is 14.0 Å². The molecule has 0 spiro atoms. The maximum absolute atomic E-state index is 6.79. The van der Waals surface area contributed by atoms with E-state index in [9.17, 15) is 0 Å². The van der Waals surface area contributed by atoms with Crippen LogP contribution in [0, 0.1) is 0 Å². The number of hydrogen-bond acceptors (Lipinski definition) is 5. The van der Waals surface area contributed by atoms with Crippen molar-refractivity contribution in [3.63, 3.8) is 0 Å². The Morgan fingerprint density at radius 2 is 1.83 bits per heavy atom. The molecule has 0 bridgehead atoms. The number of halogens is 1. The van der Waals surface area contributed by atoms with Gasteiger partial charge in [0.2, 0.25) is 0 Å². The Kier molecular flexibility index (Phi) is 7.35. The van der Waals surface area contributed by atoms with Crippen molar-refractivity contribution in [2.45, 2.75) is 45.9 Å². The van der Waals surface area contributed by atoms with Crippen LogP contribution in [0.25, 0.3) is 11.4 Å². The molecule has 0 saturated heterocycles. The Balaban J connectivity index is 1.46.